The predicted molar refractivity (Wildman–Crippen MR) is 99.4 cm³/mol. The molecule has 0 fully saturated rings. The zero-order valence-corrected chi connectivity index (χ0v) is 15.4. The maximum Gasteiger partial charge on any atom is 0.290 e. The third-order valence-electron chi connectivity index (χ3n) is 4.29. The highest BCUT2D eigenvalue weighted by molar-refractivity contribution is 7.12. The third kappa shape index (κ3) is 3.36. The van der Waals surface area contributed by atoms with Gasteiger partial charge in [-0.05, 0) is 43.2 Å². The van der Waals surface area contributed by atoms with Crippen LogP contribution in [0.1, 0.15) is 21.3 Å². The number of hydrogen-bond donors (Lipinski definition) is 2. The Morgan fingerprint density at radius 1 is 1.19 bits per heavy atom. The van der Waals surface area contributed by atoms with Crippen LogP contribution in [-0.4, -0.2) is 58.9 Å². The zero-order valence-electron chi connectivity index (χ0n) is 14.5. The molecule has 0 bridgehead atoms. The zero-order chi connectivity index (χ0) is 18.8. The molecular weight excluding hydrogens is 352 g/mol. The van der Waals surface area contributed by atoms with Gasteiger partial charge in [0, 0.05) is 13.1 Å². The molecule has 1 amide bonds. The van der Waals surface area contributed by atoms with E-state index in [-0.39, 0.29) is 17.1 Å². The number of amides is 1. The molecule has 1 aromatic heterocycles. The monoisotopic (exact) mass is 372 g/mol. The number of carbonyl (C=O) groups excluding carboxylic acids is 2. The van der Waals surface area contributed by atoms with Crippen molar-refractivity contribution in [1.29, 1.82) is 0 Å². The highest BCUT2D eigenvalue weighted by Crippen LogP contribution is 2.39. The summed E-state index contributed by atoms with van der Waals surface area (Å²) >= 11 is 1.27. The Morgan fingerprint density at radius 2 is 1.88 bits per heavy atom. The quantitative estimate of drug-likeness (QED) is 0.762. The molecule has 1 atom stereocenters. The summed E-state index contributed by atoms with van der Waals surface area (Å²) in [7, 11) is 3.78. The Morgan fingerprint density at radius 3 is 2.46 bits per heavy atom. The molecule has 0 aliphatic carbocycles. The van der Waals surface area contributed by atoms with Gasteiger partial charge in [-0.15, -0.1) is 11.3 Å². The molecule has 0 saturated heterocycles. The summed E-state index contributed by atoms with van der Waals surface area (Å²) < 4.78 is 0. The second-order valence-corrected chi connectivity index (χ2v) is 7.31. The lowest BCUT2D eigenvalue weighted by Gasteiger charge is -2.28. The van der Waals surface area contributed by atoms with E-state index < -0.39 is 17.7 Å². The smallest absolute Gasteiger partial charge is 0.290 e. The maximum absolute atomic E-state index is 13.0. The fourth-order valence-electron chi connectivity index (χ4n) is 2.97. The fourth-order valence-corrected chi connectivity index (χ4v) is 3.65. The number of carbonyl (C=O) groups is 2. The number of benzene rings is 1. The van der Waals surface area contributed by atoms with Gasteiger partial charge in [-0.3, -0.25) is 9.59 Å². The predicted octanol–water partition coefficient (Wildman–Crippen LogP) is 2.59. The van der Waals surface area contributed by atoms with E-state index in [1.807, 2.05) is 19.0 Å². The SMILES string of the molecule is CN(C)CCN1C(=O)C(O)=C(C(=O)c2cccs2)C1c1ccc(O)cc1. The van der Waals surface area contributed by atoms with E-state index in [4.69, 9.17) is 0 Å². The van der Waals surface area contributed by atoms with Crippen molar-refractivity contribution in [2.75, 3.05) is 27.2 Å². The molecule has 1 aliphatic heterocycles. The maximum atomic E-state index is 13.0. The van der Waals surface area contributed by atoms with Gasteiger partial charge in [0.25, 0.3) is 5.91 Å². The molecule has 3 rings (SSSR count). The number of thiophene rings is 1. The number of ketones is 1. The number of rotatable bonds is 6. The van der Waals surface area contributed by atoms with E-state index in [0.29, 0.717) is 23.5 Å². The first-order valence-electron chi connectivity index (χ1n) is 8.16. The molecule has 1 unspecified atom stereocenters. The summed E-state index contributed by atoms with van der Waals surface area (Å²) in [6.07, 6.45) is 0. The van der Waals surface area contributed by atoms with Crippen LogP contribution in [0.5, 0.6) is 5.75 Å². The first-order chi connectivity index (χ1) is 12.4. The van der Waals surface area contributed by atoms with Crippen molar-refractivity contribution >= 4 is 23.0 Å². The van der Waals surface area contributed by atoms with Crippen molar-refractivity contribution in [1.82, 2.24) is 9.80 Å². The summed E-state index contributed by atoms with van der Waals surface area (Å²) in [6.45, 7) is 0.955. The molecule has 26 heavy (non-hydrogen) atoms. The van der Waals surface area contributed by atoms with E-state index in [1.54, 1.807) is 29.6 Å². The summed E-state index contributed by atoms with van der Waals surface area (Å²) in [5.74, 6) is -1.31. The van der Waals surface area contributed by atoms with E-state index >= 15 is 0 Å². The summed E-state index contributed by atoms with van der Waals surface area (Å²) in [5, 5.41) is 21.8. The average Bonchev–Trinajstić information content (AvgIpc) is 3.22. The van der Waals surface area contributed by atoms with E-state index in [0.717, 1.165) is 0 Å². The topological polar surface area (TPSA) is 81.1 Å². The summed E-state index contributed by atoms with van der Waals surface area (Å²) in [4.78, 5) is 29.5. The van der Waals surface area contributed by atoms with Crippen LogP contribution in [-0.2, 0) is 4.79 Å². The Kier molecular flexibility index (Phi) is 5.11. The number of aliphatic hydroxyl groups excluding tert-OH is 1. The molecule has 0 spiro atoms. The molecule has 1 aromatic carbocycles. The highest BCUT2D eigenvalue weighted by atomic mass is 32.1. The molecule has 1 aliphatic rings. The minimum Gasteiger partial charge on any atom is -0.508 e. The lowest BCUT2D eigenvalue weighted by atomic mass is 9.95. The molecule has 6 nitrogen and oxygen atoms in total. The lowest BCUT2D eigenvalue weighted by Crippen LogP contribution is -2.36. The summed E-state index contributed by atoms with van der Waals surface area (Å²) in [5.41, 5.74) is 0.751. The van der Waals surface area contributed by atoms with Crippen LogP contribution in [0.4, 0.5) is 0 Å². The van der Waals surface area contributed by atoms with Crippen molar-refractivity contribution in [3.63, 3.8) is 0 Å². The van der Waals surface area contributed by atoms with Crippen LogP contribution in [0.2, 0.25) is 0 Å². The van der Waals surface area contributed by atoms with Crippen molar-refractivity contribution in [3.8, 4) is 5.75 Å². The molecule has 2 aromatic rings. The van der Waals surface area contributed by atoms with Crippen molar-refractivity contribution in [3.05, 3.63) is 63.6 Å². The van der Waals surface area contributed by atoms with Crippen LogP contribution >= 0.6 is 11.3 Å². The second-order valence-electron chi connectivity index (χ2n) is 6.36. The first kappa shape index (κ1) is 18.2. The standard InChI is InChI=1S/C19H20N2O4S/c1-20(2)9-10-21-16(12-5-7-13(22)8-6-12)15(18(24)19(21)25)17(23)14-4-3-11-26-14/h3-8,11,16,22,24H,9-10H2,1-2H3. The average molecular weight is 372 g/mol. The minimum absolute atomic E-state index is 0.0851. The Labute approximate surface area is 155 Å². The Bertz CT molecular complexity index is 841. The third-order valence-corrected chi connectivity index (χ3v) is 5.16. The van der Waals surface area contributed by atoms with Crippen LogP contribution in [0.25, 0.3) is 0 Å². The van der Waals surface area contributed by atoms with Crippen molar-refractivity contribution in [2.45, 2.75) is 6.04 Å². The van der Waals surface area contributed by atoms with E-state index in [2.05, 4.69) is 0 Å². The number of nitrogens with zero attached hydrogens (tertiary/aromatic N) is 2. The molecule has 136 valence electrons. The molecule has 2 heterocycles. The van der Waals surface area contributed by atoms with E-state index in [1.165, 1.54) is 28.4 Å². The van der Waals surface area contributed by atoms with Crippen LogP contribution < -0.4 is 0 Å². The van der Waals surface area contributed by atoms with Crippen LogP contribution in [0.15, 0.2) is 53.1 Å². The lowest BCUT2D eigenvalue weighted by molar-refractivity contribution is -0.129. The Hall–Kier alpha value is -2.64. The van der Waals surface area contributed by atoms with Gasteiger partial charge in [-0.25, -0.2) is 0 Å². The number of phenolic OH excluding ortho intramolecular Hbond substituents is 1. The van der Waals surface area contributed by atoms with E-state index in [9.17, 15) is 19.8 Å². The van der Waals surface area contributed by atoms with Gasteiger partial charge in [0.1, 0.15) is 5.75 Å². The van der Waals surface area contributed by atoms with Crippen LogP contribution in [0.3, 0.4) is 0 Å². The summed E-state index contributed by atoms with van der Waals surface area (Å²) in [6, 6.07) is 9.09. The Balaban J connectivity index is 2.05. The number of hydrogen-bond acceptors (Lipinski definition) is 6. The highest BCUT2D eigenvalue weighted by Gasteiger charge is 2.43. The second kappa shape index (κ2) is 7.31. The number of aromatic hydroxyl groups is 1. The van der Waals surface area contributed by atoms with Crippen LogP contribution in [0, 0.1) is 0 Å². The van der Waals surface area contributed by atoms with Gasteiger partial charge in [0.15, 0.2) is 5.76 Å². The number of aliphatic hydroxyl groups is 1. The molecular formula is C19H20N2O4S. The van der Waals surface area contributed by atoms with Gasteiger partial charge in [0.2, 0.25) is 5.78 Å². The molecule has 2 N–H and O–H groups in total. The van der Waals surface area contributed by atoms with Gasteiger partial charge >= 0.3 is 0 Å². The van der Waals surface area contributed by atoms with Crippen molar-refractivity contribution < 1.29 is 19.8 Å². The molecule has 0 radical (unpaired) electrons. The van der Waals surface area contributed by atoms with Gasteiger partial charge in [-0.1, -0.05) is 18.2 Å². The number of Topliss-reactive ketones (excluding diaryl/α,β-unsaturated/α-hetero) is 1. The first-order valence-corrected chi connectivity index (χ1v) is 9.04. The minimum atomic E-state index is -0.683. The van der Waals surface area contributed by atoms with Crippen molar-refractivity contribution in [2.24, 2.45) is 0 Å². The van der Waals surface area contributed by atoms with Gasteiger partial charge in [0.05, 0.1) is 16.5 Å². The molecule has 7 heteroatoms. The number of phenols is 1. The largest absolute Gasteiger partial charge is 0.508 e. The fraction of sp³-hybridized carbons (Fsp3) is 0.263. The number of likely N-dealkylation sites (N-methyl/N-ethyl adjacent to an activating group) is 1. The van der Waals surface area contributed by atoms with Gasteiger partial charge in [-0.2, -0.15) is 0 Å². The molecule has 0 saturated carbocycles. The normalized spacial score (nSPS) is 17.4. The van der Waals surface area contributed by atoms with Gasteiger partial charge < -0.3 is 20.0 Å².